The molecule has 0 aliphatic rings. The fourth-order valence-electron chi connectivity index (χ4n) is 2.93. The first-order valence-electron chi connectivity index (χ1n) is 7.80. The molecule has 0 nitrogen and oxygen atoms in total. The Morgan fingerprint density at radius 2 is 0.958 bits per heavy atom. The molecule has 127 valence electrons. The fraction of sp³-hybridized carbons (Fsp3) is 0.381. The molecule has 0 unspecified atom stereocenters. The second-order valence-corrected chi connectivity index (χ2v) is 8.25. The minimum atomic E-state index is 0. The van der Waals surface area contributed by atoms with Gasteiger partial charge in [-0.1, -0.05) is 76.9 Å². The predicted octanol–water partition coefficient (Wildman–Crippen LogP) is 0.312. The summed E-state index contributed by atoms with van der Waals surface area (Å²) in [7, 11) is 0. The van der Waals surface area contributed by atoms with Gasteiger partial charge in [-0.05, 0) is 10.8 Å². The van der Waals surface area contributed by atoms with Crippen LogP contribution in [0.5, 0.6) is 0 Å². The Labute approximate surface area is 177 Å². The fourth-order valence-corrected chi connectivity index (χ4v) is 2.93. The average Bonchev–Trinajstić information content (AvgIpc) is 2.73. The van der Waals surface area contributed by atoms with Gasteiger partial charge >= 0.3 is 26.2 Å². The SMILES string of the molecule is CC(C)(C)c1ccc2[cH-]c3ccc(C(C)(C)C)cc3c2c1.[Cl-].[Cl-].[Zr+3]. The molecule has 0 aromatic heterocycles. The Hall–Kier alpha value is -0.227. The monoisotopic (exact) mass is 437 g/mol. The largest absolute Gasteiger partial charge is 3.00 e. The maximum absolute atomic E-state index is 2.38. The van der Waals surface area contributed by atoms with E-state index in [1.807, 2.05) is 0 Å². The molecule has 0 heterocycles. The third-order valence-corrected chi connectivity index (χ3v) is 4.44. The van der Waals surface area contributed by atoms with Crippen LogP contribution in [0.2, 0.25) is 0 Å². The van der Waals surface area contributed by atoms with Gasteiger partial charge in [0.25, 0.3) is 0 Å². The van der Waals surface area contributed by atoms with Gasteiger partial charge < -0.3 is 24.8 Å². The minimum absolute atomic E-state index is 0. The van der Waals surface area contributed by atoms with E-state index < -0.39 is 0 Å². The molecule has 0 N–H and O–H groups in total. The summed E-state index contributed by atoms with van der Waals surface area (Å²) in [5.74, 6) is 0. The number of hydrogen-bond acceptors (Lipinski definition) is 0. The zero-order chi connectivity index (χ0) is 15.4. The van der Waals surface area contributed by atoms with Crippen LogP contribution in [0.1, 0.15) is 52.7 Å². The van der Waals surface area contributed by atoms with Crippen LogP contribution in [0.4, 0.5) is 0 Å². The van der Waals surface area contributed by atoms with Crippen LogP contribution in [-0.4, -0.2) is 0 Å². The summed E-state index contributed by atoms with van der Waals surface area (Å²) in [6.07, 6.45) is 0. The van der Waals surface area contributed by atoms with Crippen molar-refractivity contribution in [1.82, 2.24) is 0 Å². The number of hydrogen-bond donors (Lipinski definition) is 0. The molecule has 1 radical (unpaired) electrons. The predicted molar refractivity (Wildman–Crippen MR) is 94.4 cm³/mol. The van der Waals surface area contributed by atoms with E-state index in [2.05, 4.69) is 84.0 Å². The van der Waals surface area contributed by atoms with Gasteiger partial charge in [0.1, 0.15) is 0 Å². The summed E-state index contributed by atoms with van der Waals surface area (Å²) < 4.78 is 0. The molecule has 0 bridgehead atoms. The van der Waals surface area contributed by atoms with Crippen molar-refractivity contribution in [2.24, 2.45) is 0 Å². The molecule has 0 aliphatic heterocycles. The van der Waals surface area contributed by atoms with Crippen molar-refractivity contribution in [2.75, 3.05) is 0 Å². The number of rotatable bonds is 0. The normalized spacial score (nSPS) is 11.6. The number of fused-ring (bicyclic) bond motifs is 3. The van der Waals surface area contributed by atoms with Gasteiger partial charge in [0.2, 0.25) is 0 Å². The topological polar surface area (TPSA) is 0 Å². The van der Waals surface area contributed by atoms with Crippen LogP contribution < -0.4 is 24.8 Å². The zero-order valence-electron chi connectivity index (χ0n) is 15.3. The van der Waals surface area contributed by atoms with Gasteiger partial charge in [0, 0.05) is 0 Å². The molecule has 3 heteroatoms. The second kappa shape index (κ2) is 7.98. The van der Waals surface area contributed by atoms with E-state index in [4.69, 9.17) is 0 Å². The molecule has 3 rings (SSSR count). The van der Waals surface area contributed by atoms with Crippen LogP contribution in [0, 0.1) is 0 Å². The van der Waals surface area contributed by atoms with E-state index in [0.717, 1.165) is 0 Å². The maximum atomic E-state index is 2.38. The van der Waals surface area contributed by atoms with Crippen molar-refractivity contribution in [3.63, 3.8) is 0 Å². The van der Waals surface area contributed by atoms with Gasteiger partial charge in [0.15, 0.2) is 0 Å². The van der Waals surface area contributed by atoms with Crippen molar-refractivity contribution in [3.8, 4) is 0 Å². The molecule has 0 atom stereocenters. The average molecular weight is 440 g/mol. The van der Waals surface area contributed by atoms with E-state index >= 15 is 0 Å². The minimum Gasteiger partial charge on any atom is -1.00 e. The second-order valence-electron chi connectivity index (χ2n) is 8.25. The summed E-state index contributed by atoms with van der Waals surface area (Å²) in [6, 6.07) is 16.1. The smallest absolute Gasteiger partial charge is 1.00 e. The van der Waals surface area contributed by atoms with Crippen molar-refractivity contribution >= 4 is 21.5 Å². The maximum Gasteiger partial charge on any atom is 3.00 e. The Morgan fingerprint density at radius 3 is 1.25 bits per heavy atom. The van der Waals surface area contributed by atoms with Gasteiger partial charge in [-0.3, -0.25) is 0 Å². The summed E-state index contributed by atoms with van der Waals surface area (Å²) >= 11 is 0. The molecule has 0 saturated heterocycles. The molecule has 0 spiro atoms. The standard InChI is InChI=1S/C21H25.2ClH.Zr/c1-20(2,3)16-9-7-14-11-15-8-10-17(21(4,5)6)13-19(15)18(14)12-16;;;/h7-13H,1-6H3;2*1H;/q-1;;;+3/p-2. The van der Waals surface area contributed by atoms with Gasteiger partial charge in [-0.15, -0.1) is 39.7 Å². The van der Waals surface area contributed by atoms with Crippen LogP contribution in [0.15, 0.2) is 42.5 Å². The molecule has 24 heavy (non-hydrogen) atoms. The number of benzene rings is 2. The molecular formula is C21H25Cl2Zr. The Balaban J connectivity index is 0.00000176. The summed E-state index contributed by atoms with van der Waals surface area (Å²) in [5.41, 5.74) is 3.20. The Morgan fingerprint density at radius 1 is 0.625 bits per heavy atom. The van der Waals surface area contributed by atoms with E-state index in [9.17, 15) is 0 Å². The van der Waals surface area contributed by atoms with Crippen molar-refractivity contribution < 1.29 is 51.0 Å². The summed E-state index contributed by atoms with van der Waals surface area (Å²) in [5, 5.41) is 5.49. The molecule has 3 aromatic rings. The number of halogens is 2. The zero-order valence-corrected chi connectivity index (χ0v) is 19.3. The van der Waals surface area contributed by atoms with E-state index in [-0.39, 0.29) is 61.8 Å². The summed E-state index contributed by atoms with van der Waals surface area (Å²) in [4.78, 5) is 0. The third kappa shape index (κ3) is 4.48. The quantitative estimate of drug-likeness (QED) is 0.443. The molecule has 0 saturated carbocycles. The third-order valence-electron chi connectivity index (χ3n) is 4.44. The summed E-state index contributed by atoms with van der Waals surface area (Å²) in [6.45, 7) is 13.7. The van der Waals surface area contributed by atoms with Crippen molar-refractivity contribution in [1.29, 1.82) is 0 Å². The molecule has 0 amide bonds. The van der Waals surface area contributed by atoms with Crippen molar-refractivity contribution in [2.45, 2.75) is 52.4 Å². The first-order valence-corrected chi connectivity index (χ1v) is 7.80. The first kappa shape index (κ1) is 23.8. The Kier molecular flexibility index (Phi) is 7.91. The van der Waals surface area contributed by atoms with Gasteiger partial charge in [-0.25, -0.2) is 0 Å². The van der Waals surface area contributed by atoms with Gasteiger partial charge in [0.05, 0.1) is 0 Å². The van der Waals surface area contributed by atoms with Gasteiger partial charge in [-0.2, -0.15) is 0 Å². The first-order chi connectivity index (χ1) is 9.66. The molecular weight excluding hydrogens is 414 g/mol. The Bertz CT molecular complexity index is 749. The van der Waals surface area contributed by atoms with Crippen LogP contribution in [0.25, 0.3) is 21.5 Å². The van der Waals surface area contributed by atoms with E-state index in [0.29, 0.717) is 0 Å². The van der Waals surface area contributed by atoms with E-state index in [1.165, 1.54) is 32.7 Å². The van der Waals surface area contributed by atoms with Crippen LogP contribution >= 0.6 is 0 Å². The van der Waals surface area contributed by atoms with Crippen LogP contribution in [-0.2, 0) is 37.0 Å². The van der Waals surface area contributed by atoms with Crippen molar-refractivity contribution in [3.05, 3.63) is 53.6 Å². The molecule has 0 fully saturated rings. The molecule has 0 aliphatic carbocycles. The van der Waals surface area contributed by atoms with E-state index in [1.54, 1.807) is 0 Å². The molecule has 3 aromatic carbocycles. The van der Waals surface area contributed by atoms with Crippen LogP contribution in [0.3, 0.4) is 0 Å².